The molecule has 2 aromatic rings. The third-order valence-corrected chi connectivity index (χ3v) is 5.04. The summed E-state index contributed by atoms with van der Waals surface area (Å²) >= 11 is 5.90. The third kappa shape index (κ3) is 1.64. The van der Waals surface area contributed by atoms with Crippen molar-refractivity contribution in [2.24, 2.45) is 0 Å². The predicted molar refractivity (Wildman–Crippen MR) is 69.9 cm³/mol. The Morgan fingerprint density at radius 3 is 3.00 bits per heavy atom. The second-order valence-electron chi connectivity index (χ2n) is 2.76. The van der Waals surface area contributed by atoms with E-state index in [-0.39, 0.29) is 0 Å². The van der Waals surface area contributed by atoms with Crippen LogP contribution in [0, 0.1) is 6.92 Å². The van der Waals surface area contributed by atoms with Gasteiger partial charge in [-0.1, -0.05) is 6.07 Å². The van der Waals surface area contributed by atoms with Gasteiger partial charge in [0.2, 0.25) is 0 Å². The molecule has 2 rings (SSSR count). The maximum atomic E-state index is 4.37. The molecule has 0 aliphatic heterocycles. The van der Waals surface area contributed by atoms with Crippen LogP contribution in [-0.2, 0) is 0 Å². The van der Waals surface area contributed by atoms with Crippen molar-refractivity contribution in [1.29, 1.82) is 0 Å². The minimum atomic E-state index is 0.705. The highest BCUT2D eigenvalue weighted by atomic mass is 127. The topological polar surface area (TPSA) is 17.8 Å². The maximum Gasteiger partial charge on any atom is 0.103 e. The first kappa shape index (κ1) is 9.87. The molecular formula is C8H7BrIN2P. The van der Waals surface area contributed by atoms with Gasteiger partial charge in [-0.15, -0.1) is 0 Å². The summed E-state index contributed by atoms with van der Waals surface area (Å²) < 4.78 is 3.26. The maximum absolute atomic E-state index is 4.37. The lowest BCUT2D eigenvalue weighted by Gasteiger charge is -2.00. The number of hydrogen-bond acceptors (Lipinski definition) is 1. The van der Waals surface area contributed by atoms with Crippen LogP contribution in [0.25, 0.3) is 11.0 Å². The van der Waals surface area contributed by atoms with Crippen molar-refractivity contribution in [3.05, 3.63) is 28.5 Å². The lowest BCUT2D eigenvalue weighted by atomic mass is 10.2. The van der Waals surface area contributed by atoms with E-state index in [1.807, 2.05) is 6.33 Å². The summed E-state index contributed by atoms with van der Waals surface area (Å²) in [6, 6.07) is 4.23. The molecule has 1 aromatic heterocycles. The molecule has 1 atom stereocenters. The third-order valence-electron chi connectivity index (χ3n) is 1.94. The Morgan fingerprint density at radius 2 is 2.31 bits per heavy atom. The van der Waals surface area contributed by atoms with Gasteiger partial charge in [-0.2, -0.15) is 0 Å². The zero-order chi connectivity index (χ0) is 9.42. The van der Waals surface area contributed by atoms with Gasteiger partial charge in [-0.3, -0.25) is 0 Å². The van der Waals surface area contributed by atoms with Gasteiger partial charge in [0.05, 0.1) is 11.8 Å². The molecule has 1 aromatic carbocycles. The predicted octanol–water partition coefficient (Wildman–Crippen LogP) is 3.90. The SMILES string of the molecule is Cc1ccc2c(ncn2PI)c1Br. The van der Waals surface area contributed by atoms with Crippen molar-refractivity contribution in [3.63, 3.8) is 0 Å². The number of aryl methyl sites for hydroxylation is 1. The Kier molecular flexibility index (Phi) is 2.91. The molecule has 0 amide bonds. The lowest BCUT2D eigenvalue weighted by molar-refractivity contribution is 1.27. The lowest BCUT2D eigenvalue weighted by Crippen LogP contribution is -1.80. The molecule has 0 N–H and O–H groups in total. The van der Waals surface area contributed by atoms with Gasteiger partial charge >= 0.3 is 0 Å². The minimum Gasteiger partial charge on any atom is -0.302 e. The molecule has 5 heteroatoms. The van der Waals surface area contributed by atoms with Crippen molar-refractivity contribution in [2.45, 2.75) is 6.92 Å². The molecule has 0 aliphatic rings. The zero-order valence-electron chi connectivity index (χ0n) is 6.88. The summed E-state index contributed by atoms with van der Waals surface area (Å²) in [7, 11) is 0. The Labute approximate surface area is 99.6 Å². The van der Waals surface area contributed by atoms with Crippen LogP contribution in [-0.4, -0.2) is 9.32 Å². The van der Waals surface area contributed by atoms with Crippen LogP contribution in [0.4, 0.5) is 0 Å². The van der Waals surface area contributed by atoms with Gasteiger partial charge in [0, 0.05) is 10.8 Å². The van der Waals surface area contributed by atoms with Crippen LogP contribution in [0.1, 0.15) is 5.56 Å². The first-order valence-electron chi connectivity index (χ1n) is 3.73. The highest BCUT2D eigenvalue weighted by Gasteiger charge is 2.06. The molecule has 0 aliphatic carbocycles. The van der Waals surface area contributed by atoms with Crippen LogP contribution in [0.3, 0.4) is 0 Å². The van der Waals surface area contributed by atoms with Crippen molar-refractivity contribution in [1.82, 2.24) is 9.32 Å². The number of hydrogen-bond donors (Lipinski definition) is 0. The second-order valence-corrected chi connectivity index (χ2v) is 5.65. The van der Waals surface area contributed by atoms with Gasteiger partial charge in [0.15, 0.2) is 0 Å². The molecule has 0 radical (unpaired) electrons. The summed E-state index contributed by atoms with van der Waals surface area (Å²) in [4.78, 5) is 4.37. The van der Waals surface area contributed by atoms with Crippen molar-refractivity contribution < 1.29 is 0 Å². The fourth-order valence-electron chi connectivity index (χ4n) is 1.22. The quantitative estimate of drug-likeness (QED) is 0.551. The van der Waals surface area contributed by atoms with E-state index in [9.17, 15) is 0 Å². The summed E-state index contributed by atoms with van der Waals surface area (Å²) in [6.07, 6.45) is 2.59. The second kappa shape index (κ2) is 3.83. The number of nitrogens with zero attached hydrogens (tertiary/aromatic N) is 2. The summed E-state index contributed by atoms with van der Waals surface area (Å²) in [6.45, 7) is 2.08. The van der Waals surface area contributed by atoms with E-state index in [1.165, 1.54) is 11.1 Å². The molecule has 0 saturated carbocycles. The smallest absolute Gasteiger partial charge is 0.103 e. The van der Waals surface area contributed by atoms with Gasteiger partial charge < -0.3 is 4.34 Å². The fraction of sp³-hybridized carbons (Fsp3) is 0.125. The van der Waals surface area contributed by atoms with E-state index in [1.54, 1.807) is 0 Å². The molecular weight excluding hydrogens is 362 g/mol. The Bertz CT molecular complexity index is 455. The number of imidazole rings is 1. The molecule has 1 unspecified atom stereocenters. The molecule has 0 spiro atoms. The Morgan fingerprint density at radius 1 is 1.54 bits per heavy atom. The van der Waals surface area contributed by atoms with Gasteiger partial charge in [0.25, 0.3) is 0 Å². The molecule has 1 heterocycles. The van der Waals surface area contributed by atoms with Crippen LogP contribution in [0.15, 0.2) is 22.9 Å². The van der Waals surface area contributed by atoms with Gasteiger partial charge in [0.1, 0.15) is 5.52 Å². The zero-order valence-corrected chi connectivity index (χ0v) is 11.6. The number of fused-ring (bicyclic) bond motifs is 1. The van der Waals surface area contributed by atoms with E-state index in [0.29, 0.717) is 6.37 Å². The fourth-order valence-corrected chi connectivity index (χ4v) is 3.18. The Balaban J connectivity index is 2.81. The van der Waals surface area contributed by atoms with E-state index >= 15 is 0 Å². The van der Waals surface area contributed by atoms with Crippen LogP contribution in [0.5, 0.6) is 0 Å². The van der Waals surface area contributed by atoms with Crippen LogP contribution >= 0.6 is 44.3 Å². The van der Waals surface area contributed by atoms with E-state index in [0.717, 1.165) is 9.99 Å². The summed E-state index contributed by atoms with van der Waals surface area (Å²) in [5.74, 6) is 0. The molecule has 0 bridgehead atoms. The minimum absolute atomic E-state index is 0.705. The van der Waals surface area contributed by atoms with Crippen LogP contribution < -0.4 is 0 Å². The molecule has 0 saturated heterocycles. The number of halogens is 2. The van der Waals surface area contributed by atoms with E-state index in [4.69, 9.17) is 0 Å². The summed E-state index contributed by atoms with van der Waals surface area (Å²) in [5.41, 5.74) is 3.49. The Hall–Kier alpha value is 0.330. The normalized spacial score (nSPS) is 11.9. The van der Waals surface area contributed by atoms with Crippen LogP contribution in [0.2, 0.25) is 0 Å². The number of benzene rings is 1. The first-order chi connectivity index (χ1) is 6.24. The van der Waals surface area contributed by atoms with E-state index < -0.39 is 0 Å². The monoisotopic (exact) mass is 368 g/mol. The average molecular weight is 369 g/mol. The highest BCUT2D eigenvalue weighted by Crippen LogP contribution is 2.32. The van der Waals surface area contributed by atoms with Gasteiger partial charge in [-0.05, 0) is 56.5 Å². The largest absolute Gasteiger partial charge is 0.302 e. The van der Waals surface area contributed by atoms with Crippen molar-refractivity contribution in [3.8, 4) is 0 Å². The standard InChI is InChI=1S/C8H7BrIN2P/c1-5-2-3-6-8(7(5)9)11-4-12(6)13-10/h2-4,13H,1H3. The average Bonchev–Trinajstić information content (AvgIpc) is 2.55. The van der Waals surface area contributed by atoms with Gasteiger partial charge in [-0.25, -0.2) is 4.98 Å². The number of rotatable bonds is 1. The number of aromatic nitrogens is 2. The van der Waals surface area contributed by atoms with Crippen molar-refractivity contribution in [2.75, 3.05) is 0 Å². The van der Waals surface area contributed by atoms with Crippen molar-refractivity contribution >= 4 is 55.4 Å². The molecule has 2 nitrogen and oxygen atoms in total. The summed E-state index contributed by atoms with van der Waals surface area (Å²) in [5, 5.41) is 0. The highest BCUT2D eigenvalue weighted by molar-refractivity contribution is 14.2. The van der Waals surface area contributed by atoms with E-state index in [2.05, 4.69) is 66.3 Å². The first-order valence-corrected chi connectivity index (χ1v) is 8.58. The molecule has 68 valence electrons. The molecule has 0 fully saturated rings. The molecule has 13 heavy (non-hydrogen) atoms.